The minimum absolute atomic E-state index is 0.100. The van der Waals surface area contributed by atoms with Gasteiger partial charge in [-0.3, -0.25) is 19.0 Å². The maximum atomic E-state index is 14.6. The van der Waals surface area contributed by atoms with Crippen LogP contribution in [-0.2, 0) is 11.3 Å². The monoisotopic (exact) mass is 375 g/mol. The number of halogens is 1. The summed E-state index contributed by atoms with van der Waals surface area (Å²) in [5, 5.41) is 20.0. The summed E-state index contributed by atoms with van der Waals surface area (Å²) in [6.45, 7) is 1.12. The molecule has 0 radical (unpaired) electrons. The number of non-ortho nitro benzene ring substituents is 1. The van der Waals surface area contributed by atoms with Crippen molar-refractivity contribution < 1.29 is 28.0 Å². The van der Waals surface area contributed by atoms with Crippen LogP contribution < -0.4 is 4.31 Å². The molecule has 0 aliphatic carbocycles. The molecule has 0 saturated carbocycles. The van der Waals surface area contributed by atoms with Crippen LogP contribution in [0.15, 0.2) is 24.3 Å². The maximum absolute atomic E-state index is 14.6. The number of anilines is 1. The van der Waals surface area contributed by atoms with Crippen molar-refractivity contribution in [3.05, 3.63) is 34.4 Å². The lowest BCUT2D eigenvalue weighted by Crippen LogP contribution is -2.64. The number of benzene rings is 1. The van der Waals surface area contributed by atoms with Gasteiger partial charge in [0.1, 0.15) is 11.7 Å². The Bertz CT molecular complexity index is 686. The fourth-order valence-corrected chi connectivity index (χ4v) is 4.00. The first-order valence-corrected chi connectivity index (χ1v) is 8.53. The first-order valence-electron chi connectivity index (χ1n) is 7.46. The van der Waals surface area contributed by atoms with Crippen LogP contribution in [0.5, 0.6) is 0 Å². The minimum atomic E-state index is -2.65. The van der Waals surface area contributed by atoms with Crippen LogP contribution in [0.2, 0.25) is 0 Å². The quantitative estimate of drug-likeness (QED) is 0.463. The standard InChI is InChI=1S/C14H18FN3O6S/c1-10(15)14(7-2-8-16(9-14)13(19)20)17(25(23)24)11-3-5-12(6-4-11)18(21)22/h3-6,10H,2,7-9H2,1H3,(H,19,20)(H,23,24). The second-order valence-electron chi connectivity index (χ2n) is 5.83. The fourth-order valence-electron chi connectivity index (χ4n) is 3.09. The van der Waals surface area contributed by atoms with Crippen molar-refractivity contribution in [1.29, 1.82) is 0 Å². The number of nitro groups is 1. The Hall–Kier alpha value is -2.27. The normalized spacial score (nSPS) is 22.9. The Balaban J connectivity index is 2.49. The SMILES string of the molecule is CC(F)C1(N(c2ccc([N+](=O)[O-])cc2)S(=O)O)CCCN(C(=O)O)C1. The van der Waals surface area contributed by atoms with Crippen molar-refractivity contribution in [2.75, 3.05) is 17.4 Å². The van der Waals surface area contributed by atoms with Crippen LogP contribution in [0, 0.1) is 10.1 Å². The van der Waals surface area contributed by atoms with E-state index >= 15 is 0 Å². The summed E-state index contributed by atoms with van der Waals surface area (Å²) in [5.74, 6) is 0. The van der Waals surface area contributed by atoms with Gasteiger partial charge in [0.2, 0.25) is 0 Å². The molecule has 1 aromatic carbocycles. The maximum Gasteiger partial charge on any atom is 0.407 e. The molecule has 1 fully saturated rings. The van der Waals surface area contributed by atoms with Crippen LogP contribution in [0.25, 0.3) is 0 Å². The van der Waals surface area contributed by atoms with Gasteiger partial charge in [0.25, 0.3) is 17.0 Å². The number of nitrogens with zero attached hydrogens (tertiary/aromatic N) is 3. The van der Waals surface area contributed by atoms with Gasteiger partial charge < -0.3 is 10.0 Å². The van der Waals surface area contributed by atoms with E-state index < -0.39 is 34.0 Å². The van der Waals surface area contributed by atoms with Crippen molar-refractivity contribution in [3.63, 3.8) is 0 Å². The first-order chi connectivity index (χ1) is 11.7. The predicted molar refractivity (Wildman–Crippen MR) is 88.5 cm³/mol. The van der Waals surface area contributed by atoms with Crippen LogP contribution >= 0.6 is 0 Å². The number of nitro benzene ring substituents is 1. The van der Waals surface area contributed by atoms with Crippen LogP contribution in [-0.4, -0.2) is 54.6 Å². The largest absolute Gasteiger partial charge is 0.465 e. The highest BCUT2D eigenvalue weighted by molar-refractivity contribution is 7.80. The molecular weight excluding hydrogens is 357 g/mol. The first kappa shape index (κ1) is 19.1. The third-order valence-corrected chi connectivity index (χ3v) is 5.26. The minimum Gasteiger partial charge on any atom is -0.465 e. The highest BCUT2D eigenvalue weighted by Gasteiger charge is 2.49. The van der Waals surface area contributed by atoms with Gasteiger partial charge in [-0.05, 0) is 31.9 Å². The number of carboxylic acid groups (broad SMARTS) is 1. The summed E-state index contributed by atoms with van der Waals surface area (Å²) in [7, 11) is 0. The van der Waals surface area contributed by atoms with E-state index in [4.69, 9.17) is 0 Å². The second kappa shape index (κ2) is 7.31. The van der Waals surface area contributed by atoms with E-state index in [-0.39, 0.29) is 30.9 Å². The van der Waals surface area contributed by atoms with Crippen LogP contribution in [0.4, 0.5) is 20.6 Å². The summed E-state index contributed by atoms with van der Waals surface area (Å²) in [4.78, 5) is 22.4. The molecule has 3 atom stereocenters. The van der Waals surface area contributed by atoms with Crippen molar-refractivity contribution >= 4 is 28.7 Å². The zero-order chi connectivity index (χ0) is 18.8. The highest BCUT2D eigenvalue weighted by Crippen LogP contribution is 2.37. The molecule has 1 amide bonds. The number of likely N-dealkylation sites (tertiary alicyclic amines) is 1. The Morgan fingerprint density at radius 1 is 1.48 bits per heavy atom. The van der Waals surface area contributed by atoms with Gasteiger partial charge in [-0.25, -0.2) is 13.4 Å². The number of alkyl halides is 1. The zero-order valence-corrected chi connectivity index (χ0v) is 14.2. The molecular formula is C14H18FN3O6S. The third kappa shape index (κ3) is 3.71. The molecule has 11 heteroatoms. The van der Waals surface area contributed by atoms with E-state index in [1.54, 1.807) is 0 Å². The second-order valence-corrected chi connectivity index (χ2v) is 6.65. The number of amides is 1. The molecule has 9 nitrogen and oxygen atoms in total. The van der Waals surface area contributed by atoms with Gasteiger partial charge in [0.05, 0.1) is 17.2 Å². The Morgan fingerprint density at radius 3 is 2.52 bits per heavy atom. The van der Waals surface area contributed by atoms with Gasteiger partial charge in [-0.1, -0.05) is 0 Å². The molecule has 1 aliphatic heterocycles. The molecule has 1 aliphatic rings. The molecule has 2 rings (SSSR count). The van der Waals surface area contributed by atoms with E-state index in [0.717, 1.165) is 21.3 Å². The Morgan fingerprint density at radius 2 is 2.08 bits per heavy atom. The molecule has 0 aromatic heterocycles. The smallest absolute Gasteiger partial charge is 0.407 e. The summed E-state index contributed by atoms with van der Waals surface area (Å²) in [5.41, 5.74) is -1.67. The lowest BCUT2D eigenvalue weighted by molar-refractivity contribution is -0.384. The highest BCUT2D eigenvalue weighted by atomic mass is 32.2. The average Bonchev–Trinajstić information content (AvgIpc) is 2.55. The average molecular weight is 375 g/mol. The number of hydrogen-bond acceptors (Lipinski definition) is 4. The Kier molecular flexibility index (Phi) is 5.58. The lowest BCUT2D eigenvalue weighted by Gasteiger charge is -2.48. The zero-order valence-electron chi connectivity index (χ0n) is 13.4. The van der Waals surface area contributed by atoms with Gasteiger partial charge in [-0.2, -0.15) is 0 Å². The molecule has 25 heavy (non-hydrogen) atoms. The van der Waals surface area contributed by atoms with Gasteiger partial charge in [-0.15, -0.1) is 0 Å². The summed E-state index contributed by atoms with van der Waals surface area (Å²) < 4.78 is 37.2. The van der Waals surface area contributed by atoms with Gasteiger partial charge in [0.15, 0.2) is 0 Å². The molecule has 0 bridgehead atoms. The fraction of sp³-hybridized carbons (Fsp3) is 0.500. The van der Waals surface area contributed by atoms with E-state index in [1.165, 1.54) is 19.1 Å². The van der Waals surface area contributed by atoms with Crippen LogP contribution in [0.3, 0.4) is 0 Å². The molecule has 1 heterocycles. The van der Waals surface area contributed by atoms with E-state index in [2.05, 4.69) is 0 Å². The summed E-state index contributed by atoms with van der Waals surface area (Å²) >= 11 is -2.65. The molecule has 3 unspecified atom stereocenters. The van der Waals surface area contributed by atoms with E-state index in [9.17, 15) is 33.2 Å². The Labute approximate surface area is 145 Å². The predicted octanol–water partition coefficient (Wildman–Crippen LogP) is 2.41. The molecule has 2 N–H and O–H groups in total. The summed E-state index contributed by atoms with van der Waals surface area (Å²) in [6.07, 6.45) is -2.38. The number of hydrogen-bond donors (Lipinski definition) is 2. The lowest BCUT2D eigenvalue weighted by atomic mass is 9.84. The van der Waals surface area contributed by atoms with E-state index in [1.807, 2.05) is 0 Å². The van der Waals surface area contributed by atoms with Gasteiger partial charge >= 0.3 is 6.09 Å². The summed E-state index contributed by atoms with van der Waals surface area (Å²) in [6, 6.07) is 4.78. The van der Waals surface area contributed by atoms with Gasteiger partial charge in [0, 0.05) is 18.7 Å². The number of rotatable bonds is 5. The van der Waals surface area contributed by atoms with Crippen molar-refractivity contribution in [1.82, 2.24) is 4.90 Å². The molecule has 0 spiro atoms. The van der Waals surface area contributed by atoms with Crippen molar-refractivity contribution in [3.8, 4) is 0 Å². The topological polar surface area (TPSA) is 124 Å². The molecule has 1 saturated heterocycles. The van der Waals surface area contributed by atoms with E-state index in [0.29, 0.717) is 6.42 Å². The number of piperidine rings is 1. The molecule has 1 aromatic rings. The van der Waals surface area contributed by atoms with Crippen LogP contribution in [0.1, 0.15) is 19.8 Å². The third-order valence-electron chi connectivity index (χ3n) is 4.37. The molecule has 138 valence electrons. The van der Waals surface area contributed by atoms with Crippen molar-refractivity contribution in [2.24, 2.45) is 0 Å². The van der Waals surface area contributed by atoms with Crippen molar-refractivity contribution in [2.45, 2.75) is 31.5 Å². The number of carbonyl (C=O) groups is 1.